The molecule has 1 aliphatic rings. The number of phenolic OH excluding ortho intramolecular Hbond substituents is 1. The third kappa shape index (κ3) is 3.45. The Morgan fingerprint density at radius 1 is 1.53 bits per heavy atom. The number of benzene rings is 1. The second-order valence-corrected chi connectivity index (χ2v) is 5.18. The fourth-order valence-electron chi connectivity index (χ4n) is 2.00. The van der Waals surface area contributed by atoms with Crippen LogP contribution in [0.15, 0.2) is 18.2 Å². The maximum Gasteiger partial charge on any atom is 0.255 e. The molecule has 1 heterocycles. The van der Waals surface area contributed by atoms with E-state index in [0.717, 1.165) is 5.56 Å². The highest BCUT2D eigenvalue weighted by Gasteiger charge is 2.32. The summed E-state index contributed by atoms with van der Waals surface area (Å²) in [5.41, 5.74) is 1.17. The van der Waals surface area contributed by atoms with Gasteiger partial charge in [-0.25, -0.2) is 0 Å². The molecule has 0 saturated carbocycles. The highest BCUT2D eigenvalue weighted by atomic mass is 16.7. The number of aryl methyl sites for hydroxylation is 1. The molecule has 0 aliphatic carbocycles. The monoisotopic (exact) mass is 265 g/mol. The van der Waals surface area contributed by atoms with Crippen molar-refractivity contribution in [3.8, 4) is 5.75 Å². The fourth-order valence-corrected chi connectivity index (χ4v) is 2.00. The second kappa shape index (κ2) is 5.19. The van der Waals surface area contributed by atoms with E-state index in [4.69, 9.17) is 9.47 Å². The first-order valence-corrected chi connectivity index (χ1v) is 6.27. The molecular formula is C14H19NO4. The molecule has 0 radical (unpaired) electrons. The van der Waals surface area contributed by atoms with Gasteiger partial charge in [0.2, 0.25) is 0 Å². The number of carbonyl (C=O) groups is 1. The average molecular weight is 265 g/mol. The number of hydrogen-bond acceptors (Lipinski definition) is 4. The smallest absolute Gasteiger partial charge is 0.255 e. The molecule has 1 aliphatic heterocycles. The molecule has 1 saturated heterocycles. The summed E-state index contributed by atoms with van der Waals surface area (Å²) >= 11 is 0. The van der Waals surface area contributed by atoms with Crippen molar-refractivity contribution in [2.45, 2.75) is 32.7 Å². The Kier molecular flexibility index (Phi) is 3.78. The van der Waals surface area contributed by atoms with Crippen molar-refractivity contribution in [2.75, 3.05) is 13.2 Å². The topological polar surface area (TPSA) is 67.8 Å². The first-order valence-electron chi connectivity index (χ1n) is 6.27. The van der Waals surface area contributed by atoms with Crippen LogP contribution in [0.1, 0.15) is 29.8 Å². The first kappa shape index (κ1) is 13.8. The lowest BCUT2D eigenvalue weighted by Crippen LogP contribution is -2.34. The lowest BCUT2D eigenvalue weighted by atomic mass is 10.1. The van der Waals surface area contributed by atoms with Gasteiger partial charge in [-0.15, -0.1) is 0 Å². The van der Waals surface area contributed by atoms with Crippen molar-refractivity contribution in [3.63, 3.8) is 0 Å². The Bertz CT molecular complexity index is 484. The Labute approximate surface area is 112 Å². The van der Waals surface area contributed by atoms with Gasteiger partial charge in [0.1, 0.15) is 11.9 Å². The summed E-state index contributed by atoms with van der Waals surface area (Å²) in [5.74, 6) is -0.922. The summed E-state index contributed by atoms with van der Waals surface area (Å²) in [6, 6.07) is 4.95. The van der Waals surface area contributed by atoms with Gasteiger partial charge < -0.3 is 19.9 Å². The van der Waals surface area contributed by atoms with Crippen molar-refractivity contribution in [2.24, 2.45) is 0 Å². The van der Waals surface area contributed by atoms with Crippen LogP contribution in [0, 0.1) is 6.92 Å². The molecule has 5 nitrogen and oxygen atoms in total. The van der Waals surface area contributed by atoms with Gasteiger partial charge in [0, 0.05) is 6.54 Å². The minimum Gasteiger partial charge on any atom is -0.507 e. The SMILES string of the molecule is Cc1ccc(C(=O)NCC2COC(C)(C)O2)c(O)c1. The third-order valence-corrected chi connectivity index (χ3v) is 2.96. The van der Waals surface area contributed by atoms with E-state index >= 15 is 0 Å². The van der Waals surface area contributed by atoms with Crippen molar-refractivity contribution >= 4 is 5.91 Å². The molecule has 5 heteroatoms. The van der Waals surface area contributed by atoms with E-state index in [-0.39, 0.29) is 23.3 Å². The lowest BCUT2D eigenvalue weighted by molar-refractivity contribution is -0.137. The molecule has 1 aromatic carbocycles. The van der Waals surface area contributed by atoms with Crippen molar-refractivity contribution < 1.29 is 19.4 Å². The molecular weight excluding hydrogens is 246 g/mol. The maximum atomic E-state index is 11.9. The Hall–Kier alpha value is -1.59. The number of rotatable bonds is 3. The number of ether oxygens (including phenoxy) is 2. The zero-order valence-electron chi connectivity index (χ0n) is 11.4. The molecule has 1 atom stereocenters. The summed E-state index contributed by atoms with van der Waals surface area (Å²) in [5, 5.41) is 12.5. The number of hydrogen-bond donors (Lipinski definition) is 2. The predicted molar refractivity (Wildman–Crippen MR) is 70.1 cm³/mol. The Morgan fingerprint density at radius 3 is 2.84 bits per heavy atom. The van der Waals surface area contributed by atoms with E-state index < -0.39 is 5.79 Å². The molecule has 1 amide bonds. The second-order valence-electron chi connectivity index (χ2n) is 5.18. The van der Waals surface area contributed by atoms with Crippen LogP contribution in [0.4, 0.5) is 0 Å². The van der Waals surface area contributed by atoms with Crippen LogP contribution in [0.5, 0.6) is 5.75 Å². The van der Waals surface area contributed by atoms with E-state index in [1.165, 1.54) is 0 Å². The van der Waals surface area contributed by atoms with E-state index in [2.05, 4.69) is 5.32 Å². The van der Waals surface area contributed by atoms with Crippen LogP contribution in [-0.4, -0.2) is 36.1 Å². The van der Waals surface area contributed by atoms with Gasteiger partial charge in [-0.3, -0.25) is 4.79 Å². The molecule has 0 aromatic heterocycles. The van der Waals surface area contributed by atoms with Crippen LogP contribution in [0.25, 0.3) is 0 Å². The summed E-state index contributed by atoms with van der Waals surface area (Å²) < 4.78 is 11.0. The van der Waals surface area contributed by atoms with E-state index in [1.807, 2.05) is 20.8 Å². The van der Waals surface area contributed by atoms with Crippen LogP contribution in [0.3, 0.4) is 0 Å². The molecule has 0 spiro atoms. The molecule has 2 N–H and O–H groups in total. The minimum absolute atomic E-state index is 0.0126. The van der Waals surface area contributed by atoms with Crippen molar-refractivity contribution in [3.05, 3.63) is 29.3 Å². The average Bonchev–Trinajstić information content (AvgIpc) is 2.66. The maximum absolute atomic E-state index is 11.9. The predicted octanol–water partition coefficient (Wildman–Crippen LogP) is 1.58. The normalized spacial score (nSPS) is 21.3. The molecule has 0 bridgehead atoms. The van der Waals surface area contributed by atoms with Gasteiger partial charge in [-0.1, -0.05) is 6.07 Å². The summed E-state index contributed by atoms with van der Waals surface area (Å²) in [6.07, 6.45) is -0.161. The fraction of sp³-hybridized carbons (Fsp3) is 0.500. The van der Waals surface area contributed by atoms with Gasteiger partial charge >= 0.3 is 0 Å². The standard InChI is InChI=1S/C14H19NO4/c1-9-4-5-11(12(16)6-9)13(17)15-7-10-8-18-14(2,3)19-10/h4-6,10,16H,7-8H2,1-3H3,(H,15,17). The molecule has 19 heavy (non-hydrogen) atoms. The molecule has 104 valence electrons. The van der Waals surface area contributed by atoms with Gasteiger partial charge in [-0.05, 0) is 38.5 Å². The number of amides is 1. The van der Waals surface area contributed by atoms with Crippen LogP contribution in [-0.2, 0) is 9.47 Å². The van der Waals surface area contributed by atoms with E-state index in [0.29, 0.717) is 13.2 Å². The van der Waals surface area contributed by atoms with Gasteiger partial charge in [0.15, 0.2) is 5.79 Å². The van der Waals surface area contributed by atoms with Crippen LogP contribution in [0.2, 0.25) is 0 Å². The van der Waals surface area contributed by atoms with Gasteiger partial charge in [0.25, 0.3) is 5.91 Å². The van der Waals surface area contributed by atoms with E-state index in [1.54, 1.807) is 18.2 Å². The Balaban J connectivity index is 1.91. The highest BCUT2D eigenvalue weighted by Crippen LogP contribution is 2.22. The van der Waals surface area contributed by atoms with Crippen molar-refractivity contribution in [1.82, 2.24) is 5.32 Å². The number of carbonyl (C=O) groups excluding carboxylic acids is 1. The molecule has 1 aromatic rings. The number of aromatic hydroxyl groups is 1. The largest absolute Gasteiger partial charge is 0.507 e. The first-order chi connectivity index (χ1) is 8.87. The third-order valence-electron chi connectivity index (χ3n) is 2.96. The van der Waals surface area contributed by atoms with Crippen molar-refractivity contribution in [1.29, 1.82) is 0 Å². The molecule has 2 rings (SSSR count). The van der Waals surface area contributed by atoms with E-state index in [9.17, 15) is 9.90 Å². The lowest BCUT2D eigenvalue weighted by Gasteiger charge is -2.17. The zero-order valence-corrected chi connectivity index (χ0v) is 11.4. The van der Waals surface area contributed by atoms with Crippen LogP contribution >= 0.6 is 0 Å². The highest BCUT2D eigenvalue weighted by molar-refractivity contribution is 5.96. The summed E-state index contributed by atoms with van der Waals surface area (Å²) in [7, 11) is 0. The number of nitrogens with one attached hydrogen (secondary N) is 1. The Morgan fingerprint density at radius 2 is 2.26 bits per heavy atom. The zero-order chi connectivity index (χ0) is 14.0. The van der Waals surface area contributed by atoms with Gasteiger partial charge in [-0.2, -0.15) is 0 Å². The van der Waals surface area contributed by atoms with Crippen LogP contribution < -0.4 is 5.32 Å². The number of phenols is 1. The quantitative estimate of drug-likeness (QED) is 0.870. The molecule has 1 fully saturated rings. The summed E-state index contributed by atoms with van der Waals surface area (Å²) in [6.45, 7) is 6.33. The summed E-state index contributed by atoms with van der Waals surface area (Å²) in [4.78, 5) is 11.9. The molecule has 1 unspecified atom stereocenters. The van der Waals surface area contributed by atoms with Gasteiger partial charge in [0.05, 0.1) is 12.2 Å². The minimum atomic E-state index is -0.596.